The second-order valence-corrected chi connectivity index (χ2v) is 3.40. The Morgan fingerprint density at radius 2 is 1.93 bits per heavy atom. The highest BCUT2D eigenvalue weighted by atomic mass is 16.1. The molecule has 0 unspecified atom stereocenters. The zero-order chi connectivity index (χ0) is 11.0. The standard InChI is InChI=1S/C11H19NO2/c1-9(13)7-5-4-6-8-11(12-3)10(2)14/h4,6,11-12H,5,7-8H2,1-3H3/b6-4+/t11-/m0/s1. The van der Waals surface area contributed by atoms with Crippen molar-refractivity contribution in [3.63, 3.8) is 0 Å². The molecule has 14 heavy (non-hydrogen) atoms. The first-order chi connectivity index (χ1) is 6.57. The van der Waals surface area contributed by atoms with Gasteiger partial charge in [0.05, 0.1) is 6.04 Å². The fourth-order valence-corrected chi connectivity index (χ4v) is 1.12. The van der Waals surface area contributed by atoms with Crippen molar-refractivity contribution in [1.29, 1.82) is 0 Å². The van der Waals surface area contributed by atoms with Crippen molar-refractivity contribution in [1.82, 2.24) is 5.32 Å². The van der Waals surface area contributed by atoms with E-state index in [-0.39, 0.29) is 17.6 Å². The summed E-state index contributed by atoms with van der Waals surface area (Å²) in [7, 11) is 1.77. The minimum atomic E-state index is -0.0939. The molecule has 0 aliphatic heterocycles. The molecule has 0 radical (unpaired) electrons. The Kier molecular flexibility index (Phi) is 6.93. The first-order valence-corrected chi connectivity index (χ1v) is 4.90. The van der Waals surface area contributed by atoms with E-state index in [1.807, 2.05) is 12.2 Å². The van der Waals surface area contributed by atoms with Crippen molar-refractivity contribution < 1.29 is 9.59 Å². The van der Waals surface area contributed by atoms with Crippen LogP contribution in [0.3, 0.4) is 0 Å². The molecule has 0 aromatic rings. The molecule has 0 saturated heterocycles. The van der Waals surface area contributed by atoms with Crippen molar-refractivity contribution >= 4 is 11.6 Å². The lowest BCUT2D eigenvalue weighted by Crippen LogP contribution is -2.31. The van der Waals surface area contributed by atoms with Gasteiger partial charge in [-0.1, -0.05) is 12.2 Å². The predicted octanol–water partition coefficient (Wildman–Crippen LogP) is 1.48. The van der Waals surface area contributed by atoms with Crippen LogP contribution in [0.2, 0.25) is 0 Å². The van der Waals surface area contributed by atoms with Gasteiger partial charge in [0.15, 0.2) is 0 Å². The molecular formula is C11H19NO2. The summed E-state index contributed by atoms with van der Waals surface area (Å²) < 4.78 is 0. The number of carbonyl (C=O) groups excluding carboxylic acids is 2. The Morgan fingerprint density at radius 1 is 1.29 bits per heavy atom. The SMILES string of the molecule is CN[C@@H](C/C=C/CCC(C)=O)C(C)=O. The average Bonchev–Trinajstić information content (AvgIpc) is 2.10. The van der Waals surface area contributed by atoms with Crippen molar-refractivity contribution in [3.8, 4) is 0 Å². The van der Waals surface area contributed by atoms with E-state index in [4.69, 9.17) is 0 Å². The third kappa shape index (κ3) is 6.54. The van der Waals surface area contributed by atoms with Crippen LogP contribution >= 0.6 is 0 Å². The molecule has 1 atom stereocenters. The molecule has 1 N–H and O–H groups in total. The maximum absolute atomic E-state index is 11.0. The number of nitrogens with one attached hydrogen (secondary N) is 1. The van der Waals surface area contributed by atoms with Gasteiger partial charge in [-0.2, -0.15) is 0 Å². The van der Waals surface area contributed by atoms with Gasteiger partial charge in [-0.05, 0) is 33.7 Å². The number of carbonyl (C=O) groups is 2. The third-order valence-corrected chi connectivity index (χ3v) is 2.04. The molecule has 0 aromatic carbocycles. The summed E-state index contributed by atoms with van der Waals surface area (Å²) in [6.45, 7) is 3.16. The number of allylic oxidation sites excluding steroid dienone is 1. The Morgan fingerprint density at radius 3 is 2.36 bits per heavy atom. The molecule has 0 aromatic heterocycles. The summed E-state index contributed by atoms with van der Waals surface area (Å²) >= 11 is 0. The van der Waals surface area contributed by atoms with E-state index in [0.717, 1.165) is 6.42 Å². The molecule has 0 aliphatic carbocycles. The highest BCUT2D eigenvalue weighted by Gasteiger charge is 2.07. The summed E-state index contributed by atoms with van der Waals surface area (Å²) in [5, 5.41) is 2.93. The van der Waals surface area contributed by atoms with Crippen LogP contribution in [0.1, 0.15) is 33.1 Å². The van der Waals surface area contributed by atoms with E-state index in [0.29, 0.717) is 12.8 Å². The molecule has 3 heteroatoms. The molecule has 0 amide bonds. The minimum absolute atomic E-state index is 0.0939. The first-order valence-electron chi connectivity index (χ1n) is 4.90. The van der Waals surface area contributed by atoms with Gasteiger partial charge in [-0.25, -0.2) is 0 Å². The fraction of sp³-hybridized carbons (Fsp3) is 0.636. The molecule has 3 nitrogen and oxygen atoms in total. The van der Waals surface area contributed by atoms with E-state index < -0.39 is 0 Å². The van der Waals surface area contributed by atoms with E-state index in [1.165, 1.54) is 0 Å². The van der Waals surface area contributed by atoms with Gasteiger partial charge in [0.2, 0.25) is 0 Å². The predicted molar refractivity (Wildman–Crippen MR) is 57.2 cm³/mol. The molecule has 0 aliphatic rings. The van der Waals surface area contributed by atoms with Crippen LogP contribution in [0, 0.1) is 0 Å². The van der Waals surface area contributed by atoms with Crippen molar-refractivity contribution in [3.05, 3.63) is 12.2 Å². The second kappa shape index (κ2) is 7.44. The summed E-state index contributed by atoms with van der Waals surface area (Å²) in [5.74, 6) is 0.343. The summed E-state index contributed by atoms with van der Waals surface area (Å²) in [4.78, 5) is 21.6. The van der Waals surface area contributed by atoms with Gasteiger partial charge in [0.25, 0.3) is 0 Å². The number of rotatable bonds is 7. The van der Waals surface area contributed by atoms with Gasteiger partial charge in [-0.3, -0.25) is 4.79 Å². The maximum atomic E-state index is 11.0. The van der Waals surface area contributed by atoms with E-state index in [9.17, 15) is 9.59 Å². The van der Waals surface area contributed by atoms with Crippen LogP contribution in [-0.4, -0.2) is 24.7 Å². The lowest BCUT2D eigenvalue weighted by atomic mass is 10.1. The lowest BCUT2D eigenvalue weighted by Gasteiger charge is -2.08. The van der Waals surface area contributed by atoms with Crippen LogP contribution < -0.4 is 5.32 Å². The molecule has 0 spiro atoms. The second-order valence-electron chi connectivity index (χ2n) is 3.40. The topological polar surface area (TPSA) is 46.2 Å². The smallest absolute Gasteiger partial charge is 0.146 e. The molecular weight excluding hydrogens is 178 g/mol. The van der Waals surface area contributed by atoms with Gasteiger partial charge in [0.1, 0.15) is 11.6 Å². The van der Waals surface area contributed by atoms with E-state index in [2.05, 4.69) is 5.32 Å². The number of hydrogen-bond donors (Lipinski definition) is 1. The lowest BCUT2D eigenvalue weighted by molar-refractivity contribution is -0.119. The molecule has 0 heterocycles. The zero-order valence-corrected chi connectivity index (χ0v) is 9.17. The van der Waals surface area contributed by atoms with E-state index >= 15 is 0 Å². The van der Waals surface area contributed by atoms with Crippen LogP contribution in [0.4, 0.5) is 0 Å². The normalized spacial score (nSPS) is 13.1. The Hall–Kier alpha value is -0.960. The van der Waals surface area contributed by atoms with E-state index in [1.54, 1.807) is 20.9 Å². The summed E-state index contributed by atoms with van der Waals surface area (Å²) in [6.07, 6.45) is 5.95. The van der Waals surface area contributed by atoms with Crippen LogP contribution in [0.25, 0.3) is 0 Å². The Balaban J connectivity index is 3.68. The number of hydrogen-bond acceptors (Lipinski definition) is 3. The number of likely N-dealkylation sites (N-methyl/N-ethyl adjacent to an activating group) is 1. The fourth-order valence-electron chi connectivity index (χ4n) is 1.12. The Labute approximate surface area is 85.6 Å². The first kappa shape index (κ1) is 13.0. The molecule has 0 rings (SSSR count). The van der Waals surface area contributed by atoms with Gasteiger partial charge >= 0.3 is 0 Å². The van der Waals surface area contributed by atoms with Crippen molar-refractivity contribution in [2.45, 2.75) is 39.2 Å². The number of Topliss-reactive ketones (excluding diaryl/α,β-unsaturated/α-hetero) is 2. The molecule has 0 fully saturated rings. The minimum Gasteiger partial charge on any atom is -0.310 e. The quantitative estimate of drug-likeness (QED) is 0.629. The maximum Gasteiger partial charge on any atom is 0.146 e. The van der Waals surface area contributed by atoms with Gasteiger partial charge < -0.3 is 10.1 Å². The van der Waals surface area contributed by atoms with Crippen LogP contribution in [0.15, 0.2) is 12.2 Å². The monoisotopic (exact) mass is 197 g/mol. The van der Waals surface area contributed by atoms with Gasteiger partial charge in [-0.15, -0.1) is 0 Å². The summed E-state index contributed by atoms with van der Waals surface area (Å²) in [5.41, 5.74) is 0. The zero-order valence-electron chi connectivity index (χ0n) is 9.17. The van der Waals surface area contributed by atoms with Crippen molar-refractivity contribution in [2.24, 2.45) is 0 Å². The van der Waals surface area contributed by atoms with Crippen molar-refractivity contribution in [2.75, 3.05) is 7.05 Å². The summed E-state index contributed by atoms with van der Waals surface area (Å²) in [6, 6.07) is -0.0939. The third-order valence-electron chi connectivity index (χ3n) is 2.04. The molecule has 0 bridgehead atoms. The molecule has 80 valence electrons. The van der Waals surface area contributed by atoms with Gasteiger partial charge in [0, 0.05) is 6.42 Å². The number of ketones is 2. The highest BCUT2D eigenvalue weighted by molar-refractivity contribution is 5.81. The van der Waals surface area contributed by atoms with Crippen LogP contribution in [0.5, 0.6) is 0 Å². The molecule has 0 saturated carbocycles. The Bertz CT molecular complexity index is 221. The van der Waals surface area contributed by atoms with Crippen LogP contribution in [-0.2, 0) is 9.59 Å². The highest BCUT2D eigenvalue weighted by Crippen LogP contribution is 1.98. The largest absolute Gasteiger partial charge is 0.310 e. The average molecular weight is 197 g/mol.